The normalized spacial score (nSPS) is 15.6. The van der Waals surface area contributed by atoms with Gasteiger partial charge in [0.15, 0.2) is 0 Å². The lowest BCUT2D eigenvalue weighted by Crippen LogP contribution is -2.50. The fourth-order valence-corrected chi connectivity index (χ4v) is 5.52. The summed E-state index contributed by atoms with van der Waals surface area (Å²) in [7, 11) is -3.66. The molecule has 0 N–H and O–H groups in total. The Morgan fingerprint density at radius 2 is 1.52 bits per heavy atom. The maximum atomic E-state index is 12.8. The molecule has 0 spiro atoms. The maximum Gasteiger partial charge on any atom is 0.244 e. The minimum absolute atomic E-state index is 0.00933. The quantitative estimate of drug-likeness (QED) is 0.638. The average Bonchev–Trinajstić information content (AvgIpc) is 2.74. The third-order valence-electron chi connectivity index (χ3n) is 5.22. The molecule has 0 radical (unpaired) electrons. The Hall–Kier alpha value is -2.41. The number of sulfonamides is 1. The van der Waals surface area contributed by atoms with Crippen molar-refractivity contribution >= 4 is 38.3 Å². The number of hydrogen-bond acceptors (Lipinski definition) is 3. The third kappa shape index (κ3) is 4.15. The van der Waals surface area contributed by atoms with Gasteiger partial charge in [0, 0.05) is 26.2 Å². The summed E-state index contributed by atoms with van der Waals surface area (Å²) in [6.45, 7) is 1.26. The standard InChI is InChI=1S/C22H21ClN2O3S/c23-20-7-3-4-8-21(20)29(27,28)25-13-11-24(12-14-25)22(26)16-17-9-10-18-5-1-2-6-19(18)15-17/h1-10,15H,11-14,16H2. The number of benzene rings is 3. The van der Waals surface area contributed by atoms with Crippen molar-refractivity contribution in [2.45, 2.75) is 11.3 Å². The van der Waals surface area contributed by atoms with E-state index in [1.807, 2.05) is 42.5 Å². The summed E-state index contributed by atoms with van der Waals surface area (Å²) in [5, 5.41) is 2.46. The second-order valence-corrected chi connectivity index (χ2v) is 9.39. The van der Waals surface area contributed by atoms with Crippen LogP contribution in [0.5, 0.6) is 0 Å². The Balaban J connectivity index is 1.41. The van der Waals surface area contributed by atoms with Gasteiger partial charge in [0.1, 0.15) is 4.90 Å². The molecule has 0 aliphatic carbocycles. The molecule has 1 saturated heterocycles. The highest BCUT2D eigenvalue weighted by Crippen LogP contribution is 2.25. The van der Waals surface area contributed by atoms with Gasteiger partial charge in [-0.05, 0) is 28.5 Å². The molecule has 3 aromatic rings. The van der Waals surface area contributed by atoms with E-state index in [9.17, 15) is 13.2 Å². The van der Waals surface area contributed by atoms with E-state index in [0.717, 1.165) is 16.3 Å². The summed E-state index contributed by atoms with van der Waals surface area (Å²) in [6.07, 6.45) is 0.308. The topological polar surface area (TPSA) is 57.7 Å². The van der Waals surface area contributed by atoms with Gasteiger partial charge in [-0.3, -0.25) is 4.79 Å². The van der Waals surface area contributed by atoms with E-state index in [1.165, 1.54) is 10.4 Å². The van der Waals surface area contributed by atoms with Crippen LogP contribution in [0.3, 0.4) is 0 Å². The van der Waals surface area contributed by atoms with Crippen LogP contribution in [-0.2, 0) is 21.2 Å². The van der Waals surface area contributed by atoms with Gasteiger partial charge in [0.25, 0.3) is 0 Å². The van der Waals surface area contributed by atoms with E-state index in [4.69, 9.17) is 11.6 Å². The molecule has 5 nitrogen and oxygen atoms in total. The second-order valence-electron chi connectivity index (χ2n) is 7.07. The van der Waals surface area contributed by atoms with Gasteiger partial charge in [-0.25, -0.2) is 8.42 Å². The molecule has 3 aromatic carbocycles. The number of carbonyl (C=O) groups excluding carboxylic acids is 1. The molecule has 1 amide bonds. The van der Waals surface area contributed by atoms with Crippen molar-refractivity contribution in [1.29, 1.82) is 0 Å². The lowest BCUT2D eigenvalue weighted by molar-refractivity contribution is -0.131. The first-order valence-corrected chi connectivity index (χ1v) is 11.3. The number of carbonyl (C=O) groups is 1. The number of fused-ring (bicyclic) bond motifs is 1. The van der Waals surface area contributed by atoms with Crippen LogP contribution in [0.25, 0.3) is 10.8 Å². The molecule has 7 heteroatoms. The fraction of sp³-hybridized carbons (Fsp3) is 0.227. The first-order valence-electron chi connectivity index (χ1n) is 9.45. The molecule has 1 aliphatic heterocycles. The molecule has 1 aliphatic rings. The zero-order valence-corrected chi connectivity index (χ0v) is 17.4. The molecule has 4 rings (SSSR count). The Morgan fingerprint density at radius 1 is 0.862 bits per heavy atom. The maximum absolute atomic E-state index is 12.8. The van der Waals surface area contributed by atoms with Crippen LogP contribution in [0.2, 0.25) is 5.02 Å². The summed E-state index contributed by atoms with van der Waals surface area (Å²) in [5.41, 5.74) is 0.958. The monoisotopic (exact) mass is 428 g/mol. The average molecular weight is 429 g/mol. The second kappa shape index (κ2) is 8.14. The van der Waals surface area contributed by atoms with E-state index in [-0.39, 0.29) is 28.9 Å². The van der Waals surface area contributed by atoms with Crippen LogP contribution in [0, 0.1) is 0 Å². The Labute approximate surface area is 175 Å². The molecule has 0 atom stereocenters. The molecule has 1 fully saturated rings. The van der Waals surface area contributed by atoms with Crippen molar-refractivity contribution in [2.24, 2.45) is 0 Å². The predicted octanol–water partition coefficient (Wildman–Crippen LogP) is 3.57. The molecular weight excluding hydrogens is 408 g/mol. The fourth-order valence-electron chi connectivity index (χ4n) is 3.61. The zero-order chi connectivity index (χ0) is 20.4. The molecule has 0 aromatic heterocycles. The van der Waals surface area contributed by atoms with Crippen LogP contribution in [0.1, 0.15) is 5.56 Å². The van der Waals surface area contributed by atoms with Gasteiger partial charge < -0.3 is 4.90 Å². The molecular formula is C22H21ClN2O3S. The van der Waals surface area contributed by atoms with Crippen LogP contribution < -0.4 is 0 Å². The van der Waals surface area contributed by atoms with Crippen molar-refractivity contribution in [3.05, 3.63) is 77.3 Å². The van der Waals surface area contributed by atoms with Crippen molar-refractivity contribution in [3.8, 4) is 0 Å². The lowest BCUT2D eigenvalue weighted by atomic mass is 10.0. The summed E-state index contributed by atoms with van der Waals surface area (Å²) < 4.78 is 27.1. The van der Waals surface area contributed by atoms with E-state index < -0.39 is 10.0 Å². The highest BCUT2D eigenvalue weighted by atomic mass is 35.5. The highest BCUT2D eigenvalue weighted by molar-refractivity contribution is 7.89. The Bertz CT molecular complexity index is 1160. The first kappa shape index (κ1) is 19.9. The van der Waals surface area contributed by atoms with Gasteiger partial charge in [-0.2, -0.15) is 4.31 Å². The smallest absolute Gasteiger partial charge is 0.244 e. The lowest BCUT2D eigenvalue weighted by Gasteiger charge is -2.34. The predicted molar refractivity (Wildman–Crippen MR) is 114 cm³/mol. The van der Waals surface area contributed by atoms with E-state index in [0.29, 0.717) is 19.5 Å². The SMILES string of the molecule is O=C(Cc1ccc2ccccc2c1)N1CCN(S(=O)(=O)c2ccccc2Cl)CC1. The van der Waals surface area contributed by atoms with Gasteiger partial charge in [0.2, 0.25) is 15.9 Å². The zero-order valence-electron chi connectivity index (χ0n) is 15.8. The molecule has 29 heavy (non-hydrogen) atoms. The number of rotatable bonds is 4. The van der Waals surface area contributed by atoms with Crippen LogP contribution in [0.4, 0.5) is 0 Å². The van der Waals surface area contributed by atoms with Crippen molar-refractivity contribution in [1.82, 2.24) is 9.21 Å². The van der Waals surface area contributed by atoms with Crippen molar-refractivity contribution in [2.75, 3.05) is 26.2 Å². The number of piperazine rings is 1. The number of amides is 1. The molecule has 1 heterocycles. The summed E-state index contributed by atoms with van der Waals surface area (Å²) in [5.74, 6) is 0.00933. The van der Waals surface area contributed by atoms with E-state index >= 15 is 0 Å². The summed E-state index contributed by atoms with van der Waals surface area (Å²) >= 11 is 6.07. The van der Waals surface area contributed by atoms with Crippen molar-refractivity contribution in [3.63, 3.8) is 0 Å². The Morgan fingerprint density at radius 3 is 2.24 bits per heavy atom. The summed E-state index contributed by atoms with van der Waals surface area (Å²) in [6, 6.07) is 20.5. The third-order valence-corrected chi connectivity index (χ3v) is 7.61. The van der Waals surface area contributed by atoms with Gasteiger partial charge >= 0.3 is 0 Å². The van der Waals surface area contributed by atoms with Gasteiger partial charge in [-0.1, -0.05) is 66.2 Å². The molecule has 0 bridgehead atoms. The first-order chi connectivity index (χ1) is 13.9. The minimum Gasteiger partial charge on any atom is -0.340 e. The van der Waals surface area contributed by atoms with Gasteiger partial charge in [0.05, 0.1) is 11.4 Å². The highest BCUT2D eigenvalue weighted by Gasteiger charge is 2.31. The van der Waals surface area contributed by atoms with E-state index in [2.05, 4.69) is 0 Å². The number of nitrogens with zero attached hydrogens (tertiary/aromatic N) is 2. The van der Waals surface area contributed by atoms with Crippen LogP contribution >= 0.6 is 11.6 Å². The van der Waals surface area contributed by atoms with Crippen LogP contribution in [-0.4, -0.2) is 49.7 Å². The largest absolute Gasteiger partial charge is 0.340 e. The molecule has 0 saturated carbocycles. The van der Waals surface area contributed by atoms with Crippen molar-refractivity contribution < 1.29 is 13.2 Å². The van der Waals surface area contributed by atoms with Crippen LogP contribution in [0.15, 0.2) is 71.6 Å². The molecule has 0 unspecified atom stereocenters. The number of hydrogen-bond donors (Lipinski definition) is 0. The Kier molecular flexibility index (Phi) is 5.58. The molecule has 150 valence electrons. The number of halogens is 1. The summed E-state index contributed by atoms with van der Waals surface area (Å²) in [4.78, 5) is 14.6. The minimum atomic E-state index is -3.66. The van der Waals surface area contributed by atoms with Gasteiger partial charge in [-0.15, -0.1) is 0 Å². The van der Waals surface area contributed by atoms with E-state index in [1.54, 1.807) is 23.1 Å².